The highest BCUT2D eigenvalue weighted by atomic mass is 79.9. The van der Waals surface area contributed by atoms with Crippen molar-refractivity contribution in [3.8, 4) is 0 Å². The zero-order valence-corrected chi connectivity index (χ0v) is 10.0. The molecule has 1 fully saturated rings. The van der Waals surface area contributed by atoms with Gasteiger partial charge in [-0.2, -0.15) is 0 Å². The number of alkyl halides is 1. The van der Waals surface area contributed by atoms with Crippen LogP contribution in [0.4, 0.5) is 0 Å². The van der Waals surface area contributed by atoms with E-state index in [1.165, 1.54) is 11.3 Å². The first-order chi connectivity index (χ1) is 6.29. The highest BCUT2D eigenvalue weighted by Gasteiger charge is 2.27. The summed E-state index contributed by atoms with van der Waals surface area (Å²) in [5.41, 5.74) is 0. The van der Waals surface area contributed by atoms with E-state index < -0.39 is 0 Å². The molecule has 1 aliphatic rings. The number of halogens is 2. The molecule has 2 atom stereocenters. The normalized spacial score (nSPS) is 28.2. The van der Waals surface area contributed by atoms with Gasteiger partial charge in [-0.1, -0.05) is 27.5 Å². The molecule has 0 aromatic carbocycles. The molecular formula is C8H9BrClNOS. The summed E-state index contributed by atoms with van der Waals surface area (Å²) < 4.78 is 6.49. The molecule has 1 aliphatic heterocycles. The van der Waals surface area contributed by atoms with Gasteiger partial charge in [-0.25, -0.2) is 4.98 Å². The summed E-state index contributed by atoms with van der Waals surface area (Å²) in [5.74, 6) is 0. The van der Waals surface area contributed by atoms with Crippen LogP contribution in [0.1, 0.15) is 24.0 Å². The lowest BCUT2D eigenvalue weighted by Crippen LogP contribution is -2.07. The Morgan fingerprint density at radius 3 is 3.08 bits per heavy atom. The maximum absolute atomic E-state index is 5.80. The van der Waals surface area contributed by atoms with Gasteiger partial charge in [-0.05, 0) is 12.8 Å². The van der Waals surface area contributed by atoms with Crippen molar-refractivity contribution in [3.63, 3.8) is 0 Å². The zero-order chi connectivity index (χ0) is 9.26. The van der Waals surface area contributed by atoms with E-state index in [1.807, 2.05) is 0 Å². The van der Waals surface area contributed by atoms with E-state index in [-0.39, 0.29) is 6.10 Å². The van der Waals surface area contributed by atoms with Crippen LogP contribution in [-0.4, -0.2) is 16.4 Å². The van der Waals surface area contributed by atoms with Gasteiger partial charge < -0.3 is 4.74 Å². The molecule has 0 bridgehead atoms. The van der Waals surface area contributed by atoms with E-state index in [1.54, 1.807) is 6.20 Å². The largest absolute Gasteiger partial charge is 0.367 e. The standard InChI is InChI=1S/C8H9BrClNOS/c9-3-5-1-2-6(12-5)8-11-4-7(10)13-8/h4-6H,1-3H2. The fourth-order valence-corrected chi connectivity index (χ4v) is 2.89. The van der Waals surface area contributed by atoms with Gasteiger partial charge in [0.1, 0.15) is 15.4 Å². The van der Waals surface area contributed by atoms with Crippen molar-refractivity contribution in [2.45, 2.75) is 25.0 Å². The third kappa shape index (κ3) is 2.24. The van der Waals surface area contributed by atoms with Crippen LogP contribution in [0.5, 0.6) is 0 Å². The van der Waals surface area contributed by atoms with Crippen molar-refractivity contribution >= 4 is 38.9 Å². The van der Waals surface area contributed by atoms with Crippen molar-refractivity contribution in [3.05, 3.63) is 15.5 Å². The van der Waals surface area contributed by atoms with E-state index >= 15 is 0 Å². The summed E-state index contributed by atoms with van der Waals surface area (Å²) in [5, 5.41) is 1.91. The summed E-state index contributed by atoms with van der Waals surface area (Å²) >= 11 is 10.7. The molecule has 72 valence electrons. The fraction of sp³-hybridized carbons (Fsp3) is 0.625. The summed E-state index contributed by atoms with van der Waals surface area (Å²) in [6.07, 6.45) is 4.35. The first-order valence-corrected chi connectivity index (χ1v) is 6.44. The topological polar surface area (TPSA) is 22.1 Å². The first kappa shape index (κ1) is 9.90. The maximum atomic E-state index is 5.80. The molecule has 1 aromatic heterocycles. The lowest BCUT2D eigenvalue weighted by atomic mass is 10.2. The minimum absolute atomic E-state index is 0.167. The van der Waals surface area contributed by atoms with E-state index in [9.17, 15) is 0 Å². The number of hydrogen-bond donors (Lipinski definition) is 0. The number of aromatic nitrogens is 1. The number of hydrogen-bond acceptors (Lipinski definition) is 3. The first-order valence-electron chi connectivity index (χ1n) is 4.12. The molecule has 5 heteroatoms. The Labute approximate surface area is 94.4 Å². The molecule has 0 amide bonds. The Hall–Kier alpha value is 0.360. The Balaban J connectivity index is 2.03. The highest BCUT2D eigenvalue weighted by molar-refractivity contribution is 9.09. The molecule has 0 saturated carbocycles. The SMILES string of the molecule is Clc1cnc(C2CCC(CBr)O2)s1. The molecule has 2 heterocycles. The third-order valence-corrected chi connectivity index (χ3v) is 3.98. The Bertz CT molecular complexity index is 293. The molecule has 2 unspecified atom stereocenters. The molecule has 0 aliphatic carbocycles. The Morgan fingerprint density at radius 1 is 1.69 bits per heavy atom. The smallest absolute Gasteiger partial charge is 0.123 e. The van der Waals surface area contributed by atoms with Crippen LogP contribution in [0.15, 0.2) is 6.20 Å². The lowest BCUT2D eigenvalue weighted by molar-refractivity contribution is 0.0587. The summed E-state index contributed by atoms with van der Waals surface area (Å²) in [6, 6.07) is 0. The van der Waals surface area contributed by atoms with Crippen LogP contribution in [0.3, 0.4) is 0 Å². The molecular weight excluding hydrogens is 274 g/mol. The third-order valence-electron chi connectivity index (χ3n) is 2.05. The van der Waals surface area contributed by atoms with E-state index in [2.05, 4.69) is 20.9 Å². The average Bonchev–Trinajstić information content (AvgIpc) is 2.71. The fourth-order valence-electron chi connectivity index (χ4n) is 1.42. The second-order valence-corrected chi connectivity index (χ2v) is 5.32. The van der Waals surface area contributed by atoms with Crippen LogP contribution in [0.2, 0.25) is 4.34 Å². The van der Waals surface area contributed by atoms with Crippen LogP contribution < -0.4 is 0 Å². The molecule has 1 saturated heterocycles. The van der Waals surface area contributed by atoms with Gasteiger partial charge in [0.05, 0.1) is 12.3 Å². The molecule has 1 aromatic rings. The molecule has 0 radical (unpaired) electrons. The second kappa shape index (κ2) is 4.26. The summed E-state index contributed by atoms with van der Waals surface area (Å²) in [6.45, 7) is 0. The quantitative estimate of drug-likeness (QED) is 0.776. The number of nitrogens with zero attached hydrogens (tertiary/aromatic N) is 1. The molecule has 0 N–H and O–H groups in total. The number of rotatable bonds is 2. The number of thiazole rings is 1. The lowest BCUT2D eigenvalue weighted by Gasteiger charge is -2.08. The van der Waals surface area contributed by atoms with Crippen molar-refractivity contribution in [1.82, 2.24) is 4.98 Å². The minimum atomic E-state index is 0.167. The molecule has 2 rings (SSSR count). The molecule has 0 spiro atoms. The monoisotopic (exact) mass is 281 g/mol. The van der Waals surface area contributed by atoms with Gasteiger partial charge in [-0.15, -0.1) is 11.3 Å². The van der Waals surface area contributed by atoms with Crippen molar-refractivity contribution in [2.24, 2.45) is 0 Å². The van der Waals surface area contributed by atoms with Crippen LogP contribution in [0.25, 0.3) is 0 Å². The minimum Gasteiger partial charge on any atom is -0.367 e. The predicted octanol–water partition coefficient (Wildman–Crippen LogP) is 3.41. The second-order valence-electron chi connectivity index (χ2n) is 2.98. The average molecular weight is 283 g/mol. The van der Waals surface area contributed by atoms with Gasteiger partial charge in [0, 0.05) is 5.33 Å². The van der Waals surface area contributed by atoms with Crippen molar-refractivity contribution < 1.29 is 4.74 Å². The van der Waals surface area contributed by atoms with E-state index in [0.717, 1.165) is 27.5 Å². The van der Waals surface area contributed by atoms with Crippen LogP contribution >= 0.6 is 38.9 Å². The van der Waals surface area contributed by atoms with Crippen molar-refractivity contribution in [2.75, 3.05) is 5.33 Å². The molecule has 13 heavy (non-hydrogen) atoms. The summed E-state index contributed by atoms with van der Waals surface area (Å²) in [7, 11) is 0. The van der Waals surface area contributed by atoms with Gasteiger partial charge in [0.25, 0.3) is 0 Å². The van der Waals surface area contributed by atoms with Crippen molar-refractivity contribution in [1.29, 1.82) is 0 Å². The van der Waals surface area contributed by atoms with E-state index in [4.69, 9.17) is 16.3 Å². The van der Waals surface area contributed by atoms with Gasteiger partial charge in [0.15, 0.2) is 0 Å². The van der Waals surface area contributed by atoms with Crippen LogP contribution in [0, 0.1) is 0 Å². The van der Waals surface area contributed by atoms with Gasteiger partial charge in [-0.3, -0.25) is 0 Å². The van der Waals surface area contributed by atoms with Gasteiger partial charge >= 0.3 is 0 Å². The predicted molar refractivity (Wildman–Crippen MR) is 57.8 cm³/mol. The van der Waals surface area contributed by atoms with Gasteiger partial charge in [0.2, 0.25) is 0 Å². The Kier molecular flexibility index (Phi) is 3.24. The maximum Gasteiger partial charge on any atom is 0.123 e. The summed E-state index contributed by atoms with van der Waals surface area (Å²) in [4.78, 5) is 4.21. The highest BCUT2D eigenvalue weighted by Crippen LogP contribution is 2.36. The number of ether oxygens (including phenoxy) is 1. The van der Waals surface area contributed by atoms with Crippen LogP contribution in [-0.2, 0) is 4.74 Å². The molecule has 2 nitrogen and oxygen atoms in total. The zero-order valence-electron chi connectivity index (χ0n) is 6.87. The Morgan fingerprint density at radius 2 is 2.54 bits per heavy atom. The van der Waals surface area contributed by atoms with E-state index in [0.29, 0.717) is 6.10 Å².